The fraction of sp³-hybridized carbons (Fsp3) is 0.521. The molecule has 0 saturated carbocycles. The van der Waals surface area contributed by atoms with Crippen LogP contribution in [0.4, 0.5) is 4.79 Å². The van der Waals surface area contributed by atoms with E-state index in [0.29, 0.717) is 50.4 Å². The minimum atomic E-state index is -1.09. The van der Waals surface area contributed by atoms with E-state index in [-0.39, 0.29) is 43.0 Å². The van der Waals surface area contributed by atoms with Gasteiger partial charge in [-0.1, -0.05) is 40.3 Å². The van der Waals surface area contributed by atoms with Gasteiger partial charge < -0.3 is 34.1 Å². The van der Waals surface area contributed by atoms with Crippen LogP contribution in [0.25, 0.3) is 33.4 Å². The molecule has 0 spiro atoms. The van der Waals surface area contributed by atoms with E-state index in [9.17, 15) is 24.0 Å². The van der Waals surface area contributed by atoms with Gasteiger partial charge >= 0.3 is 12.0 Å². The molecular formula is C48H63N9O7S. The van der Waals surface area contributed by atoms with Crippen molar-refractivity contribution in [2.75, 3.05) is 47.4 Å². The van der Waals surface area contributed by atoms with Gasteiger partial charge in [0.2, 0.25) is 11.8 Å². The normalized spacial score (nSPS) is 20.1. The third-order valence-corrected chi connectivity index (χ3v) is 13.8. The Bertz CT molecular complexity index is 2460. The molecule has 7 rings (SSSR count). The van der Waals surface area contributed by atoms with Crippen molar-refractivity contribution in [3.63, 3.8) is 0 Å². The number of aryl methyl sites for hydroxylation is 1. The Balaban J connectivity index is 1.25. The maximum absolute atomic E-state index is 14.6. The number of hydrogen-bond donors (Lipinski definition) is 2. The molecule has 17 heteroatoms. The highest BCUT2D eigenvalue weighted by Gasteiger charge is 2.42. The smallest absolute Gasteiger partial charge is 0.324 e. The summed E-state index contributed by atoms with van der Waals surface area (Å²) in [5.41, 5.74) is 9.24. The molecular weight excluding hydrogens is 847 g/mol. The molecule has 3 aliphatic heterocycles. The Morgan fingerprint density at radius 3 is 2.60 bits per heavy atom. The summed E-state index contributed by atoms with van der Waals surface area (Å²) in [7, 11) is 4.93. The van der Waals surface area contributed by atoms with E-state index in [4.69, 9.17) is 19.4 Å². The number of carbonyl (C=O) groups is 5. The van der Waals surface area contributed by atoms with Crippen molar-refractivity contribution in [1.82, 2.24) is 45.0 Å². The fourth-order valence-electron chi connectivity index (χ4n) is 9.27. The Morgan fingerprint density at radius 1 is 1.15 bits per heavy atom. The second-order valence-corrected chi connectivity index (χ2v) is 19.5. The van der Waals surface area contributed by atoms with Gasteiger partial charge in [0.15, 0.2) is 0 Å². The molecule has 65 heavy (non-hydrogen) atoms. The van der Waals surface area contributed by atoms with Crippen LogP contribution >= 0.6 is 11.3 Å². The molecule has 0 radical (unpaired) electrons. The van der Waals surface area contributed by atoms with Gasteiger partial charge in [-0.2, -0.15) is 0 Å². The number of urea groups is 1. The maximum atomic E-state index is 14.6. The lowest BCUT2D eigenvalue weighted by Crippen LogP contribution is -2.66. The lowest BCUT2D eigenvalue weighted by molar-refractivity contribution is -0.155. The van der Waals surface area contributed by atoms with Crippen LogP contribution in [-0.2, 0) is 48.0 Å². The van der Waals surface area contributed by atoms with Crippen LogP contribution in [0, 0.1) is 11.3 Å². The van der Waals surface area contributed by atoms with E-state index in [1.54, 1.807) is 37.2 Å². The number of likely N-dealkylation sites (N-methyl/N-ethyl adjacent to an activating group) is 2. The number of aromatic nitrogens is 3. The zero-order chi connectivity index (χ0) is 46.9. The van der Waals surface area contributed by atoms with Crippen LogP contribution in [0.3, 0.4) is 0 Å². The Labute approximate surface area is 385 Å². The molecule has 2 N–H and O–H groups in total. The number of carbonyl (C=O) groups excluding carboxylic acids is 5. The first-order valence-electron chi connectivity index (χ1n) is 22.5. The molecule has 348 valence electrons. The molecule has 16 nitrogen and oxygen atoms in total. The Kier molecular flexibility index (Phi) is 14.2. The van der Waals surface area contributed by atoms with Crippen LogP contribution in [0.5, 0.6) is 0 Å². The number of nitrogens with one attached hydrogen (secondary N) is 2. The molecule has 4 aromatic rings. The number of ether oxygens (including phenoxy) is 2. The number of benzene rings is 1. The summed E-state index contributed by atoms with van der Waals surface area (Å²) in [4.78, 5) is 83.2. The van der Waals surface area contributed by atoms with Crippen molar-refractivity contribution >= 4 is 52.0 Å². The van der Waals surface area contributed by atoms with E-state index in [0.717, 1.165) is 44.7 Å². The largest absolute Gasteiger partial charge is 0.464 e. The standard InChI is InChI=1S/C48H63N9O7S/c1-11-40(58)53(8)31-24-55(25-31)47(62)54(9)42(28(3)4)44(59)51-36-22-39-50-37(26-65-39)30-17-18-38-33(21-30)34(43(56(38)12-2)32-15-13-19-49-41(32)29(5)63-10)23-48(6,7)27-64-46(61)35-16-14-20-57(52-35)45(36)60/h11,13,15,17-19,21,26,28-29,31,35-36,42,52H,1,12,14,16,20,22-25,27H2,2-10H3,(H,51,59)/t29-,35-,36-,42?/m0/s1. The van der Waals surface area contributed by atoms with Gasteiger partial charge in [0, 0.05) is 92.8 Å². The molecule has 6 heterocycles. The molecule has 2 fully saturated rings. The quantitative estimate of drug-likeness (QED) is 0.151. The van der Waals surface area contributed by atoms with Gasteiger partial charge in [-0.05, 0) is 74.9 Å². The fourth-order valence-corrected chi connectivity index (χ4v) is 10.1. The number of hydrazine groups is 1. The molecule has 3 aromatic heterocycles. The number of fused-ring (bicyclic) bond motifs is 6. The van der Waals surface area contributed by atoms with Crippen LogP contribution in [-0.4, -0.2) is 136 Å². The molecule has 3 aliphatic rings. The van der Waals surface area contributed by atoms with Crippen LogP contribution in [0.1, 0.15) is 76.8 Å². The number of esters is 1. The SMILES string of the molecule is C=CC(=O)N(C)C1CN(C(=O)N(C)C(C(=O)N[C@H]2Cc3nc(cs3)-c3ccc4c(c3)c(c(-c3cccnc3[C@H](C)OC)n4CC)CC(C)(C)COC(=O)[C@@H]3CCCN(N3)C2=O)C(C)C)C1. The summed E-state index contributed by atoms with van der Waals surface area (Å²) in [6, 6.07) is 7.07. The third kappa shape index (κ3) is 9.68. The Hall–Kier alpha value is -5.65. The van der Waals surface area contributed by atoms with Crippen molar-refractivity contribution < 1.29 is 33.4 Å². The van der Waals surface area contributed by atoms with Crippen molar-refractivity contribution in [3.8, 4) is 22.5 Å². The van der Waals surface area contributed by atoms with Crippen LogP contribution in [0.2, 0.25) is 0 Å². The molecule has 5 amide bonds. The zero-order valence-electron chi connectivity index (χ0n) is 39.1. The maximum Gasteiger partial charge on any atom is 0.324 e. The number of pyridine rings is 1. The first-order valence-corrected chi connectivity index (χ1v) is 23.4. The molecule has 2 saturated heterocycles. The summed E-state index contributed by atoms with van der Waals surface area (Å²) >= 11 is 1.40. The van der Waals surface area contributed by atoms with Gasteiger partial charge in [-0.25, -0.2) is 15.2 Å². The number of methoxy groups -OCH3 is 1. The summed E-state index contributed by atoms with van der Waals surface area (Å²) in [5, 5.41) is 8.07. The average molecular weight is 910 g/mol. The molecule has 0 aliphatic carbocycles. The highest BCUT2D eigenvalue weighted by molar-refractivity contribution is 7.10. The van der Waals surface area contributed by atoms with E-state index < -0.39 is 41.3 Å². The Morgan fingerprint density at radius 2 is 1.91 bits per heavy atom. The molecule has 1 aromatic carbocycles. The average Bonchev–Trinajstić information content (AvgIpc) is 3.87. The van der Waals surface area contributed by atoms with Crippen molar-refractivity contribution in [3.05, 3.63) is 70.8 Å². The zero-order valence-corrected chi connectivity index (χ0v) is 39.9. The van der Waals surface area contributed by atoms with Gasteiger partial charge in [0.05, 0.1) is 40.8 Å². The minimum absolute atomic E-state index is 0.0714. The lowest BCUT2D eigenvalue weighted by Gasteiger charge is -2.46. The summed E-state index contributed by atoms with van der Waals surface area (Å²) < 4.78 is 14.2. The van der Waals surface area contributed by atoms with Gasteiger partial charge in [0.1, 0.15) is 18.1 Å². The van der Waals surface area contributed by atoms with Crippen molar-refractivity contribution in [1.29, 1.82) is 0 Å². The topological polar surface area (TPSA) is 172 Å². The van der Waals surface area contributed by atoms with Crippen LogP contribution in [0.15, 0.2) is 54.6 Å². The van der Waals surface area contributed by atoms with E-state index in [1.807, 2.05) is 32.2 Å². The molecule has 4 atom stereocenters. The molecule has 1 unspecified atom stereocenters. The number of amides is 5. The van der Waals surface area contributed by atoms with Crippen molar-refractivity contribution in [2.45, 2.75) is 104 Å². The highest BCUT2D eigenvalue weighted by Crippen LogP contribution is 2.42. The number of cyclic esters (lactones) is 1. The van der Waals surface area contributed by atoms with E-state index >= 15 is 0 Å². The van der Waals surface area contributed by atoms with Gasteiger partial charge in [-0.15, -0.1) is 11.3 Å². The summed E-state index contributed by atoms with van der Waals surface area (Å²) in [5.74, 6) is -1.93. The second-order valence-electron chi connectivity index (χ2n) is 18.6. The summed E-state index contributed by atoms with van der Waals surface area (Å²) in [6.45, 7) is 17.3. The number of likely N-dealkylation sites (tertiary alicyclic amines) is 1. The number of hydrogen-bond acceptors (Lipinski definition) is 11. The van der Waals surface area contributed by atoms with Crippen molar-refractivity contribution in [2.24, 2.45) is 11.3 Å². The monoisotopic (exact) mass is 909 g/mol. The predicted octanol–water partition coefficient (Wildman–Crippen LogP) is 5.61. The second kappa shape index (κ2) is 19.4. The predicted molar refractivity (Wildman–Crippen MR) is 249 cm³/mol. The van der Waals surface area contributed by atoms with Crippen LogP contribution < -0.4 is 10.7 Å². The third-order valence-electron chi connectivity index (χ3n) is 13.0. The first kappa shape index (κ1) is 47.3. The van der Waals surface area contributed by atoms with Gasteiger partial charge in [0.25, 0.3) is 5.91 Å². The number of thiazole rings is 1. The highest BCUT2D eigenvalue weighted by atomic mass is 32.1. The number of nitrogens with zero attached hydrogens (tertiary/aromatic N) is 7. The van der Waals surface area contributed by atoms with E-state index in [1.165, 1.54) is 27.3 Å². The first-order chi connectivity index (χ1) is 31.0. The minimum Gasteiger partial charge on any atom is -0.464 e. The van der Waals surface area contributed by atoms with E-state index in [2.05, 4.69) is 66.9 Å². The number of rotatable bonds is 10. The van der Waals surface area contributed by atoms with Gasteiger partial charge in [-0.3, -0.25) is 29.2 Å². The summed E-state index contributed by atoms with van der Waals surface area (Å²) in [6.07, 6.45) is 4.42. The molecule has 6 bridgehead atoms. The lowest BCUT2D eigenvalue weighted by atomic mass is 9.84.